The van der Waals surface area contributed by atoms with Gasteiger partial charge >= 0.3 is 95.7 Å². The second kappa shape index (κ2) is 4.74. The van der Waals surface area contributed by atoms with Crippen molar-refractivity contribution in [3.8, 4) is 17.2 Å². The van der Waals surface area contributed by atoms with Crippen molar-refractivity contribution in [2.24, 2.45) is 0 Å². The minimum absolute atomic E-state index is 0.758. The Labute approximate surface area is 95.4 Å². The first kappa shape index (κ1) is 10.7. The quantitative estimate of drug-likeness (QED) is 0.650. The van der Waals surface area contributed by atoms with Gasteiger partial charge in [0.2, 0.25) is 0 Å². The molecule has 0 heterocycles. The van der Waals surface area contributed by atoms with Crippen LogP contribution in [0.2, 0.25) is 0 Å². The summed E-state index contributed by atoms with van der Waals surface area (Å²) in [5.41, 5.74) is 0. The van der Waals surface area contributed by atoms with Crippen molar-refractivity contribution in [1.82, 2.24) is 0 Å². The summed E-state index contributed by atoms with van der Waals surface area (Å²) in [5.74, 6) is 2.43. The third kappa shape index (κ3) is 2.30. The molecule has 0 aliphatic carbocycles. The Hall–Kier alpha value is -0.380. The van der Waals surface area contributed by atoms with Gasteiger partial charge in [0.1, 0.15) is 0 Å². The summed E-state index contributed by atoms with van der Waals surface area (Å²) in [6, 6.07) is 3.73. The van der Waals surface area contributed by atoms with Gasteiger partial charge < -0.3 is 0 Å². The van der Waals surface area contributed by atoms with E-state index in [0.29, 0.717) is 0 Å². The van der Waals surface area contributed by atoms with E-state index < -0.39 is 0 Å². The second-order valence-corrected chi connectivity index (χ2v) is 3.66. The van der Waals surface area contributed by atoms with E-state index in [-0.39, 0.29) is 0 Å². The molecule has 0 aliphatic rings. The molecule has 4 heteroatoms. The first-order chi connectivity index (χ1) is 6.22. The van der Waals surface area contributed by atoms with E-state index in [9.17, 15) is 0 Å². The molecule has 0 aliphatic heterocycles. The number of hydrogen-bond donors (Lipinski definition) is 0. The summed E-state index contributed by atoms with van der Waals surface area (Å²) in [4.78, 5) is 0. The number of methoxy groups -OCH3 is 3. The Balaban J connectivity index is 3.20. The SMILES string of the molecule is COc1cc(OC)[c]([Na])c(OC)c1. The molecule has 3 nitrogen and oxygen atoms in total. The van der Waals surface area contributed by atoms with Crippen LogP contribution in [0.4, 0.5) is 0 Å². The molecule has 0 amide bonds. The minimum atomic E-state index is 0.758. The summed E-state index contributed by atoms with van der Waals surface area (Å²) < 4.78 is 16.6. The third-order valence-corrected chi connectivity index (χ3v) is 2.95. The number of benzene rings is 1. The van der Waals surface area contributed by atoms with Gasteiger partial charge in [-0.25, -0.2) is 0 Å². The maximum absolute atomic E-state index is 5.20. The van der Waals surface area contributed by atoms with Crippen LogP contribution in [-0.2, 0) is 0 Å². The Bertz CT molecular complexity index is 274. The van der Waals surface area contributed by atoms with Crippen molar-refractivity contribution in [3.05, 3.63) is 12.1 Å². The fourth-order valence-corrected chi connectivity index (χ4v) is 1.88. The molecule has 0 spiro atoms. The van der Waals surface area contributed by atoms with Crippen molar-refractivity contribution in [2.75, 3.05) is 21.3 Å². The van der Waals surface area contributed by atoms with Crippen LogP contribution in [0.15, 0.2) is 12.1 Å². The molecule has 13 heavy (non-hydrogen) atoms. The predicted molar refractivity (Wildman–Crippen MR) is 51.5 cm³/mol. The molecule has 0 radical (unpaired) electrons. The van der Waals surface area contributed by atoms with Crippen molar-refractivity contribution < 1.29 is 14.2 Å². The van der Waals surface area contributed by atoms with Crippen LogP contribution in [0.3, 0.4) is 0 Å². The Kier molecular flexibility index (Phi) is 3.90. The van der Waals surface area contributed by atoms with E-state index >= 15 is 0 Å². The summed E-state index contributed by atoms with van der Waals surface area (Å²) >= 11 is 0.891. The first-order valence-corrected chi connectivity index (χ1v) is 4.99. The standard InChI is InChI=1S/C9H11O3.Na/c1-10-7-4-8(11-2)6-9(5-7)12-3;/h4-5H,1-3H3;. The van der Waals surface area contributed by atoms with Crippen LogP contribution in [0.1, 0.15) is 0 Å². The van der Waals surface area contributed by atoms with Crippen molar-refractivity contribution >= 4 is 30.7 Å². The van der Waals surface area contributed by atoms with Crippen LogP contribution in [0.5, 0.6) is 17.2 Å². The van der Waals surface area contributed by atoms with Crippen LogP contribution < -0.4 is 17.0 Å². The van der Waals surface area contributed by atoms with Crippen LogP contribution in [-0.4, -0.2) is 49.3 Å². The van der Waals surface area contributed by atoms with Crippen molar-refractivity contribution in [1.29, 1.82) is 0 Å². The molecule has 0 aromatic heterocycles. The number of ether oxygens (including phenoxy) is 3. The maximum atomic E-state index is 5.20. The molecule has 0 unspecified atom stereocenters. The normalized spacial score (nSPS) is 9.62. The summed E-state index contributed by atoms with van der Waals surface area (Å²) in [6.07, 6.45) is 0. The van der Waals surface area contributed by atoms with E-state index in [0.717, 1.165) is 48.0 Å². The monoisotopic (exact) mass is 190 g/mol. The molecule has 0 bridgehead atoms. The second-order valence-electron chi connectivity index (χ2n) is 2.66. The number of rotatable bonds is 3. The van der Waals surface area contributed by atoms with Crippen molar-refractivity contribution in [3.63, 3.8) is 0 Å². The average molecular weight is 190 g/mol. The molecule has 1 rings (SSSR count). The van der Waals surface area contributed by atoms with Gasteiger partial charge in [-0.3, -0.25) is 0 Å². The zero-order valence-corrected chi connectivity index (χ0v) is 10.4. The van der Waals surface area contributed by atoms with E-state index in [1.807, 2.05) is 12.1 Å². The first-order valence-electron chi connectivity index (χ1n) is 3.99. The Morgan fingerprint density at radius 2 is 1.38 bits per heavy atom. The summed E-state index contributed by atoms with van der Waals surface area (Å²) in [6.45, 7) is 0. The topological polar surface area (TPSA) is 27.7 Å². The van der Waals surface area contributed by atoms with Gasteiger partial charge in [0, 0.05) is 0 Å². The van der Waals surface area contributed by atoms with Gasteiger partial charge in [0.05, 0.1) is 0 Å². The molecule has 0 fully saturated rings. The zero-order chi connectivity index (χ0) is 9.84. The van der Waals surface area contributed by atoms with E-state index in [1.54, 1.807) is 21.3 Å². The molecular weight excluding hydrogens is 179 g/mol. The predicted octanol–water partition coefficient (Wildman–Crippen LogP) is 0.506. The number of hydrogen-bond acceptors (Lipinski definition) is 3. The average Bonchev–Trinajstić information content (AvgIpc) is 2.18. The van der Waals surface area contributed by atoms with Crippen LogP contribution >= 0.6 is 0 Å². The van der Waals surface area contributed by atoms with Gasteiger partial charge in [-0.05, 0) is 0 Å². The molecule has 0 atom stereocenters. The van der Waals surface area contributed by atoms with Crippen LogP contribution in [0, 0.1) is 0 Å². The van der Waals surface area contributed by atoms with Gasteiger partial charge in [-0.2, -0.15) is 0 Å². The van der Waals surface area contributed by atoms with E-state index in [2.05, 4.69) is 0 Å². The van der Waals surface area contributed by atoms with Crippen molar-refractivity contribution in [2.45, 2.75) is 0 Å². The van der Waals surface area contributed by atoms with E-state index in [4.69, 9.17) is 14.2 Å². The fraction of sp³-hybridized carbons (Fsp3) is 0.333. The third-order valence-electron chi connectivity index (χ3n) is 1.96. The van der Waals surface area contributed by atoms with Crippen LogP contribution in [0.25, 0.3) is 0 Å². The molecule has 0 N–H and O–H groups in total. The molecule has 1 aromatic rings. The van der Waals surface area contributed by atoms with Gasteiger partial charge in [-0.15, -0.1) is 0 Å². The Morgan fingerprint density at radius 1 is 0.923 bits per heavy atom. The molecular formula is C9H11NaO3. The summed E-state index contributed by atoms with van der Waals surface area (Å²) in [5, 5.41) is 0. The van der Waals surface area contributed by atoms with Gasteiger partial charge in [0.25, 0.3) is 0 Å². The fourth-order valence-electron chi connectivity index (χ4n) is 1.18. The van der Waals surface area contributed by atoms with Gasteiger partial charge in [-0.1, -0.05) is 0 Å². The van der Waals surface area contributed by atoms with Gasteiger partial charge in [0.15, 0.2) is 0 Å². The zero-order valence-electron chi connectivity index (χ0n) is 8.38. The molecule has 1 aromatic carbocycles. The molecule has 0 saturated carbocycles. The molecule has 66 valence electrons. The Morgan fingerprint density at radius 3 is 1.69 bits per heavy atom. The summed E-state index contributed by atoms with van der Waals surface area (Å²) in [7, 11) is 4.92. The van der Waals surface area contributed by atoms with E-state index in [1.165, 1.54) is 0 Å². The molecule has 0 saturated heterocycles.